The van der Waals surface area contributed by atoms with Crippen LogP contribution >= 0.6 is 0 Å². The quantitative estimate of drug-likeness (QED) is 0.415. The Morgan fingerprint density at radius 3 is 2.39 bits per heavy atom. The molecule has 2 N–H and O–H groups in total. The maximum absolute atomic E-state index is 12.6. The molecule has 200 valence electrons. The molecule has 0 radical (unpaired) electrons. The molecular formula is C30H44O6. The molecule has 5 aliphatic rings. The third kappa shape index (κ3) is 3.35. The third-order valence-electron chi connectivity index (χ3n) is 11.7. The predicted molar refractivity (Wildman–Crippen MR) is 136 cm³/mol. The van der Waals surface area contributed by atoms with E-state index in [4.69, 9.17) is 9.47 Å². The van der Waals surface area contributed by atoms with Crippen LogP contribution in [0.2, 0.25) is 0 Å². The number of aliphatic hydroxyl groups is 2. The van der Waals surface area contributed by atoms with Crippen molar-refractivity contribution < 1.29 is 29.3 Å². The van der Waals surface area contributed by atoms with E-state index in [1.807, 2.05) is 26.8 Å². The average molecular weight is 501 g/mol. The maximum Gasteiger partial charge on any atom is 0.335 e. The lowest BCUT2D eigenvalue weighted by atomic mass is 9.43. The molecule has 36 heavy (non-hydrogen) atoms. The first kappa shape index (κ1) is 26.0. The number of carbonyl (C=O) groups is 2. The second kappa shape index (κ2) is 7.92. The minimum Gasteiger partial charge on any atom is -0.457 e. The summed E-state index contributed by atoms with van der Waals surface area (Å²) in [5.41, 5.74) is -0.341. The van der Waals surface area contributed by atoms with E-state index < -0.39 is 29.4 Å². The number of ether oxygens (including phenoxy) is 2. The number of carbonyl (C=O) groups excluding carboxylic acids is 2. The van der Waals surface area contributed by atoms with Crippen LogP contribution in [0.3, 0.4) is 0 Å². The van der Waals surface area contributed by atoms with Gasteiger partial charge in [0.25, 0.3) is 0 Å². The molecule has 0 amide bonds. The minimum atomic E-state index is -1.13. The highest BCUT2D eigenvalue weighted by Gasteiger charge is 2.68. The van der Waals surface area contributed by atoms with Crippen molar-refractivity contribution >= 4 is 11.9 Å². The van der Waals surface area contributed by atoms with Gasteiger partial charge in [0.05, 0.1) is 0 Å². The molecule has 0 aromatic heterocycles. The van der Waals surface area contributed by atoms with E-state index in [1.54, 1.807) is 6.92 Å². The second-order valence-corrected chi connectivity index (χ2v) is 13.9. The first-order valence-electron chi connectivity index (χ1n) is 13.8. The first-order chi connectivity index (χ1) is 16.6. The van der Waals surface area contributed by atoms with Gasteiger partial charge in [0, 0.05) is 17.9 Å². The van der Waals surface area contributed by atoms with Crippen molar-refractivity contribution in [3.63, 3.8) is 0 Å². The zero-order valence-corrected chi connectivity index (χ0v) is 23.0. The van der Waals surface area contributed by atoms with Gasteiger partial charge in [-0.2, -0.15) is 0 Å². The average Bonchev–Trinajstić information content (AvgIpc) is 3.03. The third-order valence-corrected chi connectivity index (χ3v) is 11.7. The van der Waals surface area contributed by atoms with Crippen molar-refractivity contribution in [2.75, 3.05) is 0 Å². The van der Waals surface area contributed by atoms with E-state index in [0.29, 0.717) is 24.3 Å². The van der Waals surface area contributed by atoms with Crippen molar-refractivity contribution in [2.24, 2.45) is 34.0 Å². The first-order valence-corrected chi connectivity index (χ1v) is 13.8. The number of cyclic esters (lactones) is 2. The summed E-state index contributed by atoms with van der Waals surface area (Å²) in [4.78, 5) is 24.9. The van der Waals surface area contributed by atoms with Gasteiger partial charge >= 0.3 is 11.9 Å². The van der Waals surface area contributed by atoms with Crippen LogP contribution in [0, 0.1) is 34.0 Å². The van der Waals surface area contributed by atoms with E-state index >= 15 is 0 Å². The summed E-state index contributed by atoms with van der Waals surface area (Å²) in [7, 11) is 0. The topological polar surface area (TPSA) is 93.1 Å². The Labute approximate surface area is 215 Å². The number of rotatable bonds is 2. The summed E-state index contributed by atoms with van der Waals surface area (Å²) in [6.45, 7) is 14.6. The smallest absolute Gasteiger partial charge is 0.335 e. The molecule has 9 atom stereocenters. The molecule has 5 rings (SSSR count). The molecule has 2 saturated carbocycles. The van der Waals surface area contributed by atoms with Crippen molar-refractivity contribution in [1.29, 1.82) is 0 Å². The monoisotopic (exact) mass is 500 g/mol. The Hall–Kier alpha value is -1.66. The summed E-state index contributed by atoms with van der Waals surface area (Å²) >= 11 is 0. The number of allylic oxidation sites excluding steroid dienone is 2. The minimum absolute atomic E-state index is 0.0102. The van der Waals surface area contributed by atoms with E-state index in [9.17, 15) is 19.8 Å². The highest BCUT2D eigenvalue weighted by Crippen LogP contribution is 2.72. The van der Waals surface area contributed by atoms with Gasteiger partial charge in [-0.05, 0) is 94.3 Å². The van der Waals surface area contributed by atoms with Crippen LogP contribution in [0.25, 0.3) is 0 Å². The van der Waals surface area contributed by atoms with Crippen LogP contribution in [-0.4, -0.2) is 45.6 Å². The fraction of sp³-hybridized carbons (Fsp3) is 0.800. The van der Waals surface area contributed by atoms with Crippen LogP contribution in [0.15, 0.2) is 23.3 Å². The van der Waals surface area contributed by atoms with Gasteiger partial charge in [-0.3, -0.25) is 0 Å². The molecule has 1 saturated heterocycles. The lowest BCUT2D eigenvalue weighted by molar-refractivity contribution is -0.182. The SMILES string of the molecule is CC1=CCC(C(C)(O)C2CCC3(C)C4CCC5C(C)(C)OC(=O)C(O)CC5(C)C4=CCC23C)OC1=O. The number of aliphatic hydroxyl groups excluding tert-OH is 1. The van der Waals surface area contributed by atoms with Gasteiger partial charge < -0.3 is 19.7 Å². The number of hydrogen-bond acceptors (Lipinski definition) is 6. The Morgan fingerprint density at radius 2 is 1.72 bits per heavy atom. The Kier molecular flexibility index (Phi) is 5.72. The standard InChI is InChI=1S/C30H44O6/c1-17-8-11-23(35-24(17)32)30(7,34)22-13-15-28(5)19-9-10-21-26(2,3)36-25(33)20(31)16-27(21,4)18(19)12-14-29(22,28)6/h8,12,19-23,31,34H,9-11,13-16H2,1-7H3. The van der Waals surface area contributed by atoms with Crippen LogP contribution in [0.1, 0.15) is 93.4 Å². The molecule has 0 aromatic rings. The lowest BCUT2D eigenvalue weighted by Crippen LogP contribution is -2.58. The normalized spacial score (nSPS) is 47.6. The number of fused-ring (bicyclic) bond motifs is 5. The van der Waals surface area contributed by atoms with Gasteiger partial charge in [0.15, 0.2) is 6.10 Å². The molecule has 0 bridgehead atoms. The van der Waals surface area contributed by atoms with Crippen molar-refractivity contribution in [1.82, 2.24) is 0 Å². The molecule has 2 heterocycles. The zero-order valence-electron chi connectivity index (χ0n) is 23.0. The fourth-order valence-electron chi connectivity index (χ4n) is 9.57. The Balaban J connectivity index is 1.52. The van der Waals surface area contributed by atoms with Gasteiger partial charge in [0.1, 0.15) is 17.3 Å². The summed E-state index contributed by atoms with van der Waals surface area (Å²) < 4.78 is 11.5. The number of hydrogen-bond donors (Lipinski definition) is 2. The van der Waals surface area contributed by atoms with Gasteiger partial charge in [-0.15, -0.1) is 0 Å². The molecule has 3 aliphatic carbocycles. The van der Waals surface area contributed by atoms with Crippen molar-refractivity contribution in [3.05, 3.63) is 23.3 Å². The highest BCUT2D eigenvalue weighted by atomic mass is 16.6. The van der Waals surface area contributed by atoms with Gasteiger partial charge in [-0.25, -0.2) is 9.59 Å². The molecule has 0 aromatic carbocycles. The lowest BCUT2D eigenvalue weighted by Gasteiger charge is -2.61. The van der Waals surface area contributed by atoms with Crippen LogP contribution < -0.4 is 0 Å². The summed E-state index contributed by atoms with van der Waals surface area (Å²) in [6.07, 6.45) is 8.17. The number of esters is 2. The molecule has 0 spiro atoms. The Bertz CT molecular complexity index is 1040. The van der Waals surface area contributed by atoms with Crippen molar-refractivity contribution in [2.45, 2.75) is 117 Å². The van der Waals surface area contributed by atoms with Crippen molar-refractivity contribution in [3.8, 4) is 0 Å². The van der Waals surface area contributed by atoms with E-state index in [2.05, 4.69) is 26.8 Å². The maximum atomic E-state index is 12.6. The van der Waals surface area contributed by atoms with E-state index in [-0.39, 0.29) is 34.1 Å². The molecule has 6 nitrogen and oxygen atoms in total. The van der Waals surface area contributed by atoms with Gasteiger partial charge in [0.2, 0.25) is 0 Å². The zero-order chi connectivity index (χ0) is 26.5. The predicted octanol–water partition coefficient (Wildman–Crippen LogP) is 4.87. The molecular weight excluding hydrogens is 456 g/mol. The van der Waals surface area contributed by atoms with Crippen LogP contribution in [0.4, 0.5) is 0 Å². The largest absolute Gasteiger partial charge is 0.457 e. The fourth-order valence-corrected chi connectivity index (χ4v) is 9.57. The summed E-state index contributed by atoms with van der Waals surface area (Å²) in [5, 5.41) is 22.7. The Morgan fingerprint density at radius 1 is 1.03 bits per heavy atom. The molecule has 2 aliphatic heterocycles. The van der Waals surface area contributed by atoms with Gasteiger partial charge in [-0.1, -0.05) is 38.5 Å². The van der Waals surface area contributed by atoms with Crippen LogP contribution in [-0.2, 0) is 19.1 Å². The summed E-state index contributed by atoms with van der Waals surface area (Å²) in [6, 6.07) is 0. The van der Waals surface area contributed by atoms with Crippen LogP contribution in [0.5, 0.6) is 0 Å². The van der Waals surface area contributed by atoms with E-state index in [0.717, 1.165) is 32.1 Å². The molecule has 6 heteroatoms. The summed E-state index contributed by atoms with van der Waals surface area (Å²) in [5.74, 6) is -0.406. The van der Waals surface area contributed by atoms with E-state index in [1.165, 1.54) is 5.57 Å². The molecule has 3 fully saturated rings. The second-order valence-electron chi connectivity index (χ2n) is 13.9. The highest BCUT2D eigenvalue weighted by molar-refractivity contribution is 5.88. The molecule has 9 unspecified atom stereocenters.